The predicted molar refractivity (Wildman–Crippen MR) is 69.0 cm³/mol. The molecular weight excluding hydrogens is 212 g/mol. The highest BCUT2D eigenvalue weighted by atomic mass is 16.5. The first kappa shape index (κ1) is 13.1. The van der Waals surface area contributed by atoms with Crippen LogP contribution in [0, 0.1) is 11.8 Å². The van der Waals surface area contributed by atoms with Crippen molar-refractivity contribution in [2.75, 3.05) is 6.61 Å². The van der Waals surface area contributed by atoms with Crippen molar-refractivity contribution in [3.05, 3.63) is 0 Å². The number of rotatable bonds is 4. The predicted octanol–water partition coefficient (Wildman–Crippen LogP) is 3.73. The highest BCUT2D eigenvalue weighted by Crippen LogP contribution is 2.42. The smallest absolute Gasteiger partial charge is 0.133 e. The molecule has 0 aromatic carbocycles. The fourth-order valence-electron chi connectivity index (χ4n) is 3.53. The molecule has 1 unspecified atom stereocenters. The Bertz CT molecular complexity index is 264. The van der Waals surface area contributed by atoms with E-state index >= 15 is 0 Å². The molecule has 2 heteroatoms. The van der Waals surface area contributed by atoms with Gasteiger partial charge in [-0.2, -0.15) is 0 Å². The molecule has 1 spiro atoms. The highest BCUT2D eigenvalue weighted by molar-refractivity contribution is 5.78. The summed E-state index contributed by atoms with van der Waals surface area (Å²) in [6, 6.07) is 0. The molecule has 2 nitrogen and oxygen atoms in total. The minimum atomic E-state index is 0.168. The van der Waals surface area contributed by atoms with Crippen molar-refractivity contribution in [1.82, 2.24) is 0 Å². The third-order valence-electron chi connectivity index (χ3n) is 4.26. The highest BCUT2D eigenvalue weighted by Gasteiger charge is 2.40. The number of hydrogen-bond donors (Lipinski definition) is 0. The Morgan fingerprint density at radius 2 is 2.06 bits per heavy atom. The van der Waals surface area contributed by atoms with Gasteiger partial charge in [0.05, 0.1) is 5.60 Å². The molecule has 0 amide bonds. The fourth-order valence-corrected chi connectivity index (χ4v) is 3.53. The number of hydrogen-bond acceptors (Lipinski definition) is 2. The van der Waals surface area contributed by atoms with Crippen LogP contribution >= 0.6 is 0 Å². The largest absolute Gasteiger partial charge is 0.375 e. The van der Waals surface area contributed by atoms with Crippen LogP contribution < -0.4 is 0 Å². The summed E-state index contributed by atoms with van der Waals surface area (Å²) < 4.78 is 6.01. The number of carbonyl (C=O) groups excluding carboxylic acids is 1. The van der Waals surface area contributed by atoms with Crippen molar-refractivity contribution >= 4 is 5.78 Å². The van der Waals surface area contributed by atoms with Crippen LogP contribution in [0.5, 0.6) is 0 Å². The minimum Gasteiger partial charge on any atom is -0.375 e. The molecule has 1 saturated carbocycles. The summed E-state index contributed by atoms with van der Waals surface area (Å²) in [6.45, 7) is 5.13. The Morgan fingerprint density at radius 1 is 1.35 bits per heavy atom. The first-order valence-corrected chi connectivity index (χ1v) is 7.25. The normalized spacial score (nSPS) is 27.8. The van der Waals surface area contributed by atoms with E-state index in [0.29, 0.717) is 17.6 Å². The van der Waals surface area contributed by atoms with Crippen LogP contribution in [0.2, 0.25) is 0 Å². The summed E-state index contributed by atoms with van der Waals surface area (Å²) in [5, 5.41) is 0. The zero-order valence-electron chi connectivity index (χ0n) is 11.3. The van der Waals surface area contributed by atoms with E-state index in [2.05, 4.69) is 13.8 Å². The van der Waals surface area contributed by atoms with Gasteiger partial charge in [-0.15, -0.1) is 0 Å². The van der Waals surface area contributed by atoms with E-state index in [1.54, 1.807) is 0 Å². The average Bonchev–Trinajstić information content (AvgIpc) is 2.64. The van der Waals surface area contributed by atoms with E-state index in [1.165, 1.54) is 25.7 Å². The van der Waals surface area contributed by atoms with Gasteiger partial charge in [0, 0.05) is 19.4 Å². The van der Waals surface area contributed by atoms with Gasteiger partial charge in [0.25, 0.3) is 0 Å². The van der Waals surface area contributed by atoms with Gasteiger partial charge in [0.2, 0.25) is 0 Å². The summed E-state index contributed by atoms with van der Waals surface area (Å²) >= 11 is 0. The first-order valence-electron chi connectivity index (χ1n) is 7.25. The molecule has 0 bridgehead atoms. The van der Waals surface area contributed by atoms with Crippen molar-refractivity contribution in [3.8, 4) is 0 Å². The second kappa shape index (κ2) is 5.51. The molecule has 98 valence electrons. The molecule has 1 saturated heterocycles. The molecule has 0 aromatic rings. The van der Waals surface area contributed by atoms with Crippen LogP contribution in [0.25, 0.3) is 0 Å². The summed E-state index contributed by atoms with van der Waals surface area (Å²) in [5.74, 6) is 1.55. The van der Waals surface area contributed by atoms with Gasteiger partial charge in [0.15, 0.2) is 0 Å². The fraction of sp³-hybridized carbons (Fsp3) is 0.933. The van der Waals surface area contributed by atoms with Crippen molar-refractivity contribution in [1.29, 1.82) is 0 Å². The zero-order chi connectivity index (χ0) is 12.3. The van der Waals surface area contributed by atoms with Crippen molar-refractivity contribution in [2.45, 2.75) is 70.8 Å². The molecule has 0 aromatic heterocycles. The molecule has 2 fully saturated rings. The van der Waals surface area contributed by atoms with Gasteiger partial charge in [-0.05, 0) is 37.5 Å². The zero-order valence-corrected chi connectivity index (χ0v) is 11.3. The van der Waals surface area contributed by atoms with E-state index in [9.17, 15) is 4.79 Å². The number of ether oxygens (including phenoxy) is 1. The van der Waals surface area contributed by atoms with Gasteiger partial charge in [0.1, 0.15) is 5.78 Å². The SMILES string of the molecule is CC(C)CC(=O)CC1CCOC2(CCCC2)C1. The second-order valence-electron chi connectivity index (χ2n) is 6.44. The monoisotopic (exact) mass is 238 g/mol. The van der Waals surface area contributed by atoms with Gasteiger partial charge in [-0.25, -0.2) is 0 Å². The summed E-state index contributed by atoms with van der Waals surface area (Å²) in [5.41, 5.74) is 0.168. The van der Waals surface area contributed by atoms with E-state index < -0.39 is 0 Å². The molecular formula is C15H26O2. The molecule has 1 aliphatic carbocycles. The van der Waals surface area contributed by atoms with E-state index in [1.807, 2.05) is 0 Å². The van der Waals surface area contributed by atoms with Crippen molar-refractivity contribution < 1.29 is 9.53 Å². The maximum Gasteiger partial charge on any atom is 0.133 e. The van der Waals surface area contributed by atoms with Gasteiger partial charge < -0.3 is 4.74 Å². The van der Waals surface area contributed by atoms with Gasteiger partial charge in [-0.1, -0.05) is 26.7 Å². The van der Waals surface area contributed by atoms with Crippen molar-refractivity contribution in [3.63, 3.8) is 0 Å². The maximum atomic E-state index is 11.9. The lowest BCUT2D eigenvalue weighted by Gasteiger charge is -2.38. The molecule has 0 N–H and O–H groups in total. The quantitative estimate of drug-likeness (QED) is 0.746. The molecule has 2 aliphatic rings. The minimum absolute atomic E-state index is 0.168. The number of Topliss-reactive ketones (excluding diaryl/α,β-unsaturated/α-hetero) is 1. The Labute approximate surface area is 105 Å². The van der Waals surface area contributed by atoms with Crippen molar-refractivity contribution in [2.24, 2.45) is 11.8 Å². The molecule has 17 heavy (non-hydrogen) atoms. The Morgan fingerprint density at radius 3 is 2.71 bits per heavy atom. The van der Waals surface area contributed by atoms with Crippen LogP contribution in [0.4, 0.5) is 0 Å². The maximum absolute atomic E-state index is 11.9. The summed E-state index contributed by atoms with van der Waals surface area (Å²) in [7, 11) is 0. The van der Waals surface area contributed by atoms with Crippen LogP contribution in [0.15, 0.2) is 0 Å². The Kier molecular flexibility index (Phi) is 4.24. The van der Waals surface area contributed by atoms with Gasteiger partial charge >= 0.3 is 0 Å². The lowest BCUT2D eigenvalue weighted by molar-refractivity contribution is -0.125. The van der Waals surface area contributed by atoms with E-state index in [4.69, 9.17) is 4.74 Å². The van der Waals surface area contributed by atoms with Crippen LogP contribution in [0.3, 0.4) is 0 Å². The Balaban J connectivity index is 1.83. The van der Waals surface area contributed by atoms with Crippen LogP contribution in [-0.2, 0) is 9.53 Å². The Hall–Kier alpha value is -0.370. The van der Waals surface area contributed by atoms with Gasteiger partial charge in [-0.3, -0.25) is 4.79 Å². The molecule has 1 heterocycles. The lowest BCUT2D eigenvalue weighted by atomic mass is 9.81. The third-order valence-corrected chi connectivity index (χ3v) is 4.26. The second-order valence-corrected chi connectivity index (χ2v) is 6.44. The molecule has 1 atom stereocenters. The molecule has 1 aliphatic heterocycles. The molecule has 0 radical (unpaired) electrons. The van der Waals surface area contributed by atoms with E-state index in [0.717, 1.165) is 32.3 Å². The topological polar surface area (TPSA) is 26.3 Å². The number of ketones is 1. The average molecular weight is 238 g/mol. The van der Waals surface area contributed by atoms with E-state index in [-0.39, 0.29) is 5.60 Å². The summed E-state index contributed by atoms with van der Waals surface area (Å²) in [6.07, 6.45) is 8.85. The number of carbonyl (C=O) groups is 1. The first-order chi connectivity index (χ1) is 8.10. The third kappa shape index (κ3) is 3.54. The summed E-state index contributed by atoms with van der Waals surface area (Å²) in [4.78, 5) is 11.9. The van der Waals surface area contributed by atoms with Crippen LogP contribution in [0.1, 0.15) is 65.2 Å². The standard InChI is InChI=1S/C15H26O2/c1-12(2)9-14(16)10-13-5-8-17-15(11-13)6-3-4-7-15/h12-13H,3-11H2,1-2H3. The molecule has 2 rings (SSSR count). The van der Waals surface area contributed by atoms with Crippen LogP contribution in [-0.4, -0.2) is 18.0 Å². The lowest BCUT2D eigenvalue weighted by Crippen LogP contribution is -2.37.